The first-order valence-electron chi connectivity index (χ1n) is 5.33. The first-order chi connectivity index (χ1) is 8.56. The van der Waals surface area contributed by atoms with Crippen LogP contribution in [0.4, 0.5) is 4.39 Å². The van der Waals surface area contributed by atoms with Crippen molar-refractivity contribution in [1.29, 1.82) is 0 Å². The molecule has 2 nitrogen and oxygen atoms in total. The van der Waals surface area contributed by atoms with Crippen molar-refractivity contribution >= 4 is 23.4 Å². The van der Waals surface area contributed by atoms with Crippen molar-refractivity contribution in [2.45, 2.75) is 6.92 Å². The van der Waals surface area contributed by atoms with E-state index < -0.39 is 5.97 Å². The van der Waals surface area contributed by atoms with E-state index in [1.807, 2.05) is 6.92 Å². The molecule has 0 radical (unpaired) electrons. The Morgan fingerprint density at radius 3 is 2.83 bits per heavy atom. The molecule has 0 saturated carbocycles. The van der Waals surface area contributed by atoms with Gasteiger partial charge in [0.15, 0.2) is 0 Å². The Morgan fingerprint density at radius 1 is 1.33 bits per heavy atom. The summed E-state index contributed by atoms with van der Waals surface area (Å²) in [5, 5.41) is 8.54. The van der Waals surface area contributed by atoms with Crippen LogP contribution in [-0.4, -0.2) is 11.1 Å². The van der Waals surface area contributed by atoms with E-state index in [0.717, 1.165) is 21.4 Å². The van der Waals surface area contributed by atoms with Crippen molar-refractivity contribution in [3.05, 3.63) is 52.7 Å². The highest BCUT2D eigenvalue weighted by molar-refractivity contribution is 7.16. The second kappa shape index (κ2) is 5.14. The Bertz CT molecular complexity index is 614. The summed E-state index contributed by atoms with van der Waals surface area (Å²) in [6, 6.07) is 8.52. The molecule has 18 heavy (non-hydrogen) atoms. The highest BCUT2D eigenvalue weighted by Crippen LogP contribution is 2.31. The molecular formula is C14H11FO2S. The maximum Gasteiger partial charge on any atom is 0.328 e. The van der Waals surface area contributed by atoms with Crippen LogP contribution in [0.1, 0.15) is 10.4 Å². The van der Waals surface area contributed by atoms with E-state index in [0.29, 0.717) is 5.56 Å². The summed E-state index contributed by atoms with van der Waals surface area (Å²) in [5.41, 5.74) is 1.54. The first-order valence-corrected chi connectivity index (χ1v) is 6.15. The van der Waals surface area contributed by atoms with E-state index in [4.69, 9.17) is 5.11 Å². The van der Waals surface area contributed by atoms with Gasteiger partial charge in [-0.2, -0.15) is 0 Å². The van der Waals surface area contributed by atoms with Crippen LogP contribution in [0, 0.1) is 12.7 Å². The van der Waals surface area contributed by atoms with Gasteiger partial charge in [-0.15, -0.1) is 11.3 Å². The van der Waals surface area contributed by atoms with Crippen LogP contribution in [0.3, 0.4) is 0 Å². The Kier molecular flexibility index (Phi) is 3.58. The number of thiophene rings is 1. The summed E-state index contributed by atoms with van der Waals surface area (Å²) in [6.07, 6.45) is 2.58. The van der Waals surface area contributed by atoms with Crippen LogP contribution in [0.5, 0.6) is 0 Å². The molecule has 1 heterocycles. The van der Waals surface area contributed by atoms with Crippen molar-refractivity contribution in [2.24, 2.45) is 0 Å². The lowest BCUT2D eigenvalue weighted by Gasteiger charge is -2.01. The molecule has 0 aliphatic carbocycles. The molecule has 92 valence electrons. The maximum absolute atomic E-state index is 13.7. The minimum atomic E-state index is -0.994. The maximum atomic E-state index is 13.7. The van der Waals surface area contributed by atoms with Gasteiger partial charge in [-0.1, -0.05) is 11.6 Å². The van der Waals surface area contributed by atoms with Crippen molar-refractivity contribution in [2.75, 3.05) is 0 Å². The number of rotatable bonds is 3. The molecule has 4 heteroatoms. The van der Waals surface area contributed by atoms with E-state index >= 15 is 0 Å². The largest absolute Gasteiger partial charge is 0.478 e. The minimum absolute atomic E-state index is 0.267. The quantitative estimate of drug-likeness (QED) is 0.850. The van der Waals surface area contributed by atoms with Gasteiger partial charge in [-0.25, -0.2) is 9.18 Å². The van der Waals surface area contributed by atoms with Gasteiger partial charge in [-0.3, -0.25) is 0 Å². The molecule has 1 aromatic heterocycles. The molecule has 0 amide bonds. The van der Waals surface area contributed by atoms with Gasteiger partial charge in [0.1, 0.15) is 5.82 Å². The Hall–Kier alpha value is -1.94. The number of hydrogen-bond donors (Lipinski definition) is 1. The zero-order valence-electron chi connectivity index (χ0n) is 9.68. The van der Waals surface area contributed by atoms with Gasteiger partial charge in [0.25, 0.3) is 0 Å². The van der Waals surface area contributed by atoms with Gasteiger partial charge in [0, 0.05) is 21.4 Å². The summed E-state index contributed by atoms with van der Waals surface area (Å²) in [5.74, 6) is -1.26. The average molecular weight is 262 g/mol. The fraction of sp³-hybridized carbons (Fsp3) is 0.0714. The number of hydrogen-bond acceptors (Lipinski definition) is 2. The van der Waals surface area contributed by atoms with Crippen molar-refractivity contribution in [3.8, 4) is 10.4 Å². The van der Waals surface area contributed by atoms with E-state index in [9.17, 15) is 9.18 Å². The van der Waals surface area contributed by atoms with Crippen molar-refractivity contribution in [1.82, 2.24) is 0 Å². The fourth-order valence-electron chi connectivity index (χ4n) is 1.57. The van der Waals surface area contributed by atoms with Gasteiger partial charge in [-0.05, 0) is 37.3 Å². The molecular weight excluding hydrogens is 251 g/mol. The molecule has 1 N–H and O–H groups in total. The topological polar surface area (TPSA) is 37.3 Å². The van der Waals surface area contributed by atoms with Crippen LogP contribution >= 0.6 is 11.3 Å². The summed E-state index contributed by atoms with van der Waals surface area (Å²) < 4.78 is 13.7. The molecule has 2 aromatic rings. The average Bonchev–Trinajstić information content (AvgIpc) is 2.78. The second-order valence-electron chi connectivity index (χ2n) is 3.86. The highest BCUT2D eigenvalue weighted by atomic mass is 32.1. The number of carbonyl (C=O) groups is 1. The zero-order valence-corrected chi connectivity index (χ0v) is 10.5. The second-order valence-corrected chi connectivity index (χ2v) is 4.97. The van der Waals surface area contributed by atoms with Crippen LogP contribution in [-0.2, 0) is 4.79 Å². The first kappa shape index (κ1) is 12.5. The van der Waals surface area contributed by atoms with Crippen LogP contribution in [0.25, 0.3) is 16.5 Å². The minimum Gasteiger partial charge on any atom is -0.478 e. The molecule has 0 fully saturated rings. The normalized spacial score (nSPS) is 11.0. The Balaban J connectivity index is 2.35. The zero-order chi connectivity index (χ0) is 13.1. The van der Waals surface area contributed by atoms with E-state index in [-0.39, 0.29) is 5.82 Å². The molecule has 0 spiro atoms. The number of halogens is 1. The van der Waals surface area contributed by atoms with Crippen LogP contribution in [0.2, 0.25) is 0 Å². The Labute approximate surface area is 108 Å². The lowest BCUT2D eigenvalue weighted by molar-refractivity contribution is -0.131. The van der Waals surface area contributed by atoms with E-state index in [2.05, 4.69) is 0 Å². The summed E-state index contributed by atoms with van der Waals surface area (Å²) >= 11 is 1.36. The third-order valence-corrected chi connectivity index (χ3v) is 3.49. The van der Waals surface area contributed by atoms with Gasteiger partial charge < -0.3 is 5.11 Å². The third-order valence-electron chi connectivity index (χ3n) is 2.40. The smallest absolute Gasteiger partial charge is 0.328 e. The van der Waals surface area contributed by atoms with Gasteiger partial charge in [0.2, 0.25) is 0 Å². The number of aryl methyl sites for hydroxylation is 1. The molecule has 0 atom stereocenters. The molecule has 0 bridgehead atoms. The number of aliphatic carboxylic acids is 1. The van der Waals surface area contributed by atoms with Crippen LogP contribution < -0.4 is 0 Å². The number of carboxylic acids is 1. The molecule has 0 saturated heterocycles. The third kappa shape index (κ3) is 2.84. The van der Waals surface area contributed by atoms with E-state index in [1.54, 1.807) is 24.3 Å². The fourth-order valence-corrected chi connectivity index (χ4v) is 2.50. The number of carboxylic acid groups (broad SMARTS) is 1. The number of benzene rings is 1. The highest BCUT2D eigenvalue weighted by Gasteiger charge is 2.07. The molecule has 0 aliphatic heterocycles. The van der Waals surface area contributed by atoms with Gasteiger partial charge >= 0.3 is 5.97 Å². The SMILES string of the molecule is Cc1ccc(F)c(-c2ccc(/C=C/C(=O)O)s2)c1. The predicted octanol–water partition coefficient (Wildman–Crippen LogP) is 3.96. The van der Waals surface area contributed by atoms with Crippen LogP contribution in [0.15, 0.2) is 36.4 Å². The molecule has 0 aliphatic rings. The Morgan fingerprint density at radius 2 is 2.11 bits per heavy atom. The molecule has 2 rings (SSSR count). The lowest BCUT2D eigenvalue weighted by Crippen LogP contribution is -1.84. The van der Waals surface area contributed by atoms with E-state index in [1.165, 1.54) is 23.5 Å². The van der Waals surface area contributed by atoms with Crippen molar-refractivity contribution < 1.29 is 14.3 Å². The van der Waals surface area contributed by atoms with Crippen molar-refractivity contribution in [3.63, 3.8) is 0 Å². The summed E-state index contributed by atoms with van der Waals surface area (Å²) in [4.78, 5) is 12.0. The summed E-state index contributed by atoms with van der Waals surface area (Å²) in [7, 11) is 0. The summed E-state index contributed by atoms with van der Waals surface area (Å²) in [6.45, 7) is 1.90. The standard InChI is InChI=1S/C14H11FO2S/c1-9-2-5-12(15)11(8-9)13-6-3-10(18-13)4-7-14(16)17/h2-8H,1H3,(H,16,17)/b7-4+. The molecule has 0 unspecified atom stereocenters. The lowest BCUT2D eigenvalue weighted by atomic mass is 10.1. The predicted molar refractivity (Wildman–Crippen MR) is 71.1 cm³/mol. The van der Waals surface area contributed by atoms with Gasteiger partial charge in [0.05, 0.1) is 0 Å². The molecule has 1 aromatic carbocycles. The monoisotopic (exact) mass is 262 g/mol.